The lowest BCUT2D eigenvalue weighted by Gasteiger charge is -2.21. The Hall–Kier alpha value is -1.40. The van der Waals surface area contributed by atoms with Gasteiger partial charge in [-0.25, -0.2) is 0 Å². The van der Waals surface area contributed by atoms with Gasteiger partial charge in [0.25, 0.3) is 0 Å². The molecule has 1 N–H and O–H groups in total. The summed E-state index contributed by atoms with van der Waals surface area (Å²) in [5, 5.41) is 2.85. The van der Waals surface area contributed by atoms with E-state index >= 15 is 0 Å². The Labute approximate surface area is 132 Å². The molecule has 21 heavy (non-hydrogen) atoms. The van der Waals surface area contributed by atoms with Crippen molar-refractivity contribution in [1.82, 2.24) is 4.90 Å². The zero-order valence-electron chi connectivity index (χ0n) is 12.0. The van der Waals surface area contributed by atoms with Crippen LogP contribution in [0.1, 0.15) is 19.3 Å². The lowest BCUT2D eigenvalue weighted by molar-refractivity contribution is -0.146. The number of methoxy groups -OCH3 is 1. The quantitative estimate of drug-likeness (QED) is 0.825. The van der Waals surface area contributed by atoms with E-state index in [9.17, 15) is 9.59 Å². The number of ether oxygens (including phenoxy) is 1. The molecule has 1 aromatic rings. The first-order valence-electron chi connectivity index (χ1n) is 6.97. The number of carbonyl (C=O) groups is 2. The maximum Gasteiger partial charge on any atom is 0.323 e. The molecule has 0 spiro atoms. The molecule has 1 fully saturated rings. The second kappa shape index (κ2) is 7.56. The highest BCUT2D eigenvalue weighted by Gasteiger charge is 2.31. The van der Waals surface area contributed by atoms with E-state index in [4.69, 9.17) is 4.74 Å². The predicted octanol–water partition coefficient (Wildman–Crippen LogP) is 2.42. The zero-order chi connectivity index (χ0) is 15.2. The van der Waals surface area contributed by atoms with Gasteiger partial charge in [-0.2, -0.15) is 0 Å². The molecular formula is C15H19BrN2O3. The first-order chi connectivity index (χ1) is 10.1. The van der Waals surface area contributed by atoms with Gasteiger partial charge in [0.05, 0.1) is 7.11 Å². The van der Waals surface area contributed by atoms with Crippen molar-refractivity contribution in [3.05, 3.63) is 28.7 Å². The standard InChI is InChI=1S/C15H19BrN2O3/c1-21-15(20)13-6-3-8-18(13)9-7-14(19)17-12-5-2-4-11(16)10-12/h2,4-5,10,13H,3,6-9H2,1H3,(H,17,19). The molecule has 1 heterocycles. The molecule has 1 aliphatic heterocycles. The first-order valence-corrected chi connectivity index (χ1v) is 7.77. The van der Waals surface area contributed by atoms with Crippen LogP contribution in [0.3, 0.4) is 0 Å². The minimum Gasteiger partial charge on any atom is -0.468 e. The second-order valence-corrected chi connectivity index (χ2v) is 5.94. The van der Waals surface area contributed by atoms with Crippen molar-refractivity contribution in [3.8, 4) is 0 Å². The minimum atomic E-state index is -0.208. The Balaban J connectivity index is 1.82. The fourth-order valence-corrected chi connectivity index (χ4v) is 2.93. The molecule has 5 nitrogen and oxygen atoms in total. The van der Waals surface area contributed by atoms with Crippen LogP contribution in [-0.2, 0) is 14.3 Å². The van der Waals surface area contributed by atoms with Gasteiger partial charge in [0.1, 0.15) is 6.04 Å². The van der Waals surface area contributed by atoms with Crippen molar-refractivity contribution < 1.29 is 14.3 Å². The minimum absolute atomic E-state index is 0.0522. The van der Waals surface area contributed by atoms with E-state index in [1.807, 2.05) is 29.2 Å². The van der Waals surface area contributed by atoms with Gasteiger partial charge in [0.15, 0.2) is 0 Å². The molecule has 0 bridgehead atoms. The van der Waals surface area contributed by atoms with E-state index in [0.717, 1.165) is 29.5 Å². The lowest BCUT2D eigenvalue weighted by atomic mass is 10.2. The fraction of sp³-hybridized carbons (Fsp3) is 0.467. The molecule has 1 amide bonds. The number of hydrogen-bond acceptors (Lipinski definition) is 4. The molecule has 1 unspecified atom stereocenters. The van der Waals surface area contributed by atoms with Crippen LogP contribution >= 0.6 is 15.9 Å². The van der Waals surface area contributed by atoms with Gasteiger partial charge in [-0.1, -0.05) is 22.0 Å². The van der Waals surface area contributed by atoms with Crippen LogP contribution in [0.4, 0.5) is 5.69 Å². The summed E-state index contributed by atoms with van der Waals surface area (Å²) in [6.07, 6.45) is 2.13. The summed E-state index contributed by atoms with van der Waals surface area (Å²) < 4.78 is 5.72. The smallest absolute Gasteiger partial charge is 0.323 e. The molecule has 0 aromatic heterocycles. The molecule has 1 aromatic carbocycles. The largest absolute Gasteiger partial charge is 0.468 e. The van der Waals surface area contributed by atoms with Crippen LogP contribution in [0, 0.1) is 0 Å². The monoisotopic (exact) mass is 354 g/mol. The van der Waals surface area contributed by atoms with Gasteiger partial charge in [-0.05, 0) is 37.6 Å². The maximum absolute atomic E-state index is 12.0. The Morgan fingerprint density at radius 1 is 1.48 bits per heavy atom. The van der Waals surface area contributed by atoms with Crippen LogP contribution < -0.4 is 5.32 Å². The maximum atomic E-state index is 12.0. The van der Waals surface area contributed by atoms with Crippen molar-refractivity contribution in [1.29, 1.82) is 0 Å². The SMILES string of the molecule is COC(=O)C1CCCN1CCC(=O)Nc1cccc(Br)c1. The third kappa shape index (κ3) is 4.54. The van der Waals surface area contributed by atoms with Crippen molar-refractivity contribution in [2.45, 2.75) is 25.3 Å². The van der Waals surface area contributed by atoms with E-state index in [0.29, 0.717) is 13.0 Å². The summed E-state index contributed by atoms with van der Waals surface area (Å²) in [4.78, 5) is 25.6. The van der Waals surface area contributed by atoms with E-state index in [-0.39, 0.29) is 17.9 Å². The summed E-state index contributed by atoms with van der Waals surface area (Å²) in [5.41, 5.74) is 0.764. The zero-order valence-corrected chi connectivity index (χ0v) is 13.6. The Kier molecular flexibility index (Phi) is 5.76. The highest BCUT2D eigenvalue weighted by molar-refractivity contribution is 9.10. The molecule has 0 radical (unpaired) electrons. The van der Waals surface area contributed by atoms with Crippen molar-refractivity contribution >= 4 is 33.5 Å². The lowest BCUT2D eigenvalue weighted by Crippen LogP contribution is -2.38. The van der Waals surface area contributed by atoms with Gasteiger partial charge in [0.2, 0.25) is 5.91 Å². The topological polar surface area (TPSA) is 58.6 Å². The number of nitrogens with one attached hydrogen (secondary N) is 1. The number of rotatable bonds is 5. The van der Waals surface area contributed by atoms with Crippen LogP contribution in [0.2, 0.25) is 0 Å². The average molecular weight is 355 g/mol. The number of anilines is 1. The third-order valence-corrected chi connectivity index (χ3v) is 4.06. The number of hydrogen-bond donors (Lipinski definition) is 1. The van der Waals surface area contributed by atoms with Crippen LogP contribution in [0.5, 0.6) is 0 Å². The molecule has 0 saturated carbocycles. The highest BCUT2D eigenvalue weighted by Crippen LogP contribution is 2.19. The summed E-state index contributed by atoms with van der Waals surface area (Å²) in [7, 11) is 1.40. The highest BCUT2D eigenvalue weighted by atomic mass is 79.9. The summed E-state index contributed by atoms with van der Waals surface area (Å²) in [6, 6.07) is 7.27. The van der Waals surface area contributed by atoms with Gasteiger partial charge in [-0.3, -0.25) is 14.5 Å². The Morgan fingerprint density at radius 3 is 3.00 bits per heavy atom. The van der Waals surface area contributed by atoms with Gasteiger partial charge in [-0.15, -0.1) is 0 Å². The van der Waals surface area contributed by atoms with Gasteiger partial charge >= 0.3 is 5.97 Å². The van der Waals surface area contributed by atoms with E-state index < -0.39 is 0 Å². The molecule has 2 rings (SSSR count). The summed E-state index contributed by atoms with van der Waals surface area (Å²) in [5.74, 6) is -0.261. The second-order valence-electron chi connectivity index (χ2n) is 5.03. The van der Waals surface area contributed by atoms with E-state index in [2.05, 4.69) is 21.2 Å². The number of esters is 1. The normalized spacial score (nSPS) is 18.5. The summed E-state index contributed by atoms with van der Waals surface area (Å²) >= 11 is 3.37. The third-order valence-electron chi connectivity index (χ3n) is 3.57. The van der Waals surface area contributed by atoms with Crippen molar-refractivity contribution in [2.24, 2.45) is 0 Å². The van der Waals surface area contributed by atoms with Crippen LogP contribution in [0.15, 0.2) is 28.7 Å². The van der Waals surface area contributed by atoms with Gasteiger partial charge in [0, 0.05) is 23.1 Å². The molecule has 1 aliphatic rings. The first kappa shape index (κ1) is 16.0. The van der Waals surface area contributed by atoms with Crippen molar-refractivity contribution in [3.63, 3.8) is 0 Å². The molecule has 1 saturated heterocycles. The Bertz CT molecular complexity index is 521. The Morgan fingerprint density at radius 2 is 2.29 bits per heavy atom. The number of benzene rings is 1. The number of carbonyl (C=O) groups excluding carboxylic acids is 2. The number of likely N-dealkylation sites (tertiary alicyclic amines) is 1. The number of halogens is 1. The fourth-order valence-electron chi connectivity index (χ4n) is 2.53. The predicted molar refractivity (Wildman–Crippen MR) is 84.0 cm³/mol. The number of nitrogens with zero attached hydrogens (tertiary/aromatic N) is 1. The molecule has 0 aliphatic carbocycles. The average Bonchev–Trinajstić information content (AvgIpc) is 2.92. The molecule has 6 heteroatoms. The van der Waals surface area contributed by atoms with E-state index in [1.54, 1.807) is 0 Å². The van der Waals surface area contributed by atoms with Crippen LogP contribution in [0.25, 0.3) is 0 Å². The van der Waals surface area contributed by atoms with Crippen molar-refractivity contribution in [2.75, 3.05) is 25.5 Å². The summed E-state index contributed by atoms with van der Waals surface area (Å²) in [6.45, 7) is 1.41. The number of amides is 1. The molecule has 114 valence electrons. The van der Waals surface area contributed by atoms with Crippen LogP contribution in [-0.4, -0.2) is 43.0 Å². The molecule has 1 atom stereocenters. The molecular weight excluding hydrogens is 336 g/mol. The van der Waals surface area contributed by atoms with Gasteiger partial charge < -0.3 is 10.1 Å². The van der Waals surface area contributed by atoms with E-state index in [1.165, 1.54) is 7.11 Å².